The van der Waals surface area contributed by atoms with E-state index in [9.17, 15) is 22.8 Å². The number of alkyl halides is 3. The van der Waals surface area contributed by atoms with Crippen LogP contribution >= 0.6 is 0 Å². The highest BCUT2D eigenvalue weighted by molar-refractivity contribution is 5.91. The molecule has 4 aliphatic rings. The van der Waals surface area contributed by atoms with Crippen molar-refractivity contribution < 1.29 is 37.0 Å². The van der Waals surface area contributed by atoms with Gasteiger partial charge in [-0.1, -0.05) is 6.08 Å². The van der Waals surface area contributed by atoms with Crippen LogP contribution in [0, 0.1) is 0 Å². The summed E-state index contributed by atoms with van der Waals surface area (Å²) in [6.07, 6.45) is 0.585. The van der Waals surface area contributed by atoms with Gasteiger partial charge < -0.3 is 29.7 Å². The van der Waals surface area contributed by atoms with Gasteiger partial charge in [0, 0.05) is 25.4 Å². The lowest BCUT2D eigenvalue weighted by atomic mass is 10.1. The van der Waals surface area contributed by atoms with Gasteiger partial charge in [0.25, 0.3) is 0 Å². The molecule has 0 radical (unpaired) electrons. The lowest BCUT2D eigenvalue weighted by Gasteiger charge is -2.40. The van der Waals surface area contributed by atoms with Crippen LogP contribution in [0.4, 0.5) is 23.8 Å². The maximum absolute atomic E-state index is 13.4. The molecule has 3 atom stereocenters. The summed E-state index contributed by atoms with van der Waals surface area (Å²) < 4.78 is 54.8. The normalized spacial score (nSPS) is 25.7. The summed E-state index contributed by atoms with van der Waals surface area (Å²) in [7, 11) is 0. The lowest BCUT2D eigenvalue weighted by molar-refractivity contribution is -0.141. The molecule has 5 rings (SSSR count). The maximum atomic E-state index is 13.4. The number of carbonyl (C=O) groups is 2. The molecular weight excluding hydrogens is 509 g/mol. The minimum Gasteiger partial charge on any atom is -0.491 e. The predicted molar refractivity (Wildman–Crippen MR) is 128 cm³/mol. The second-order valence-corrected chi connectivity index (χ2v) is 9.88. The number of ether oxygens (including phenoxy) is 3. The Morgan fingerprint density at radius 2 is 2.16 bits per heavy atom. The Bertz CT molecular complexity index is 1160. The van der Waals surface area contributed by atoms with Crippen LogP contribution in [0.3, 0.4) is 0 Å². The van der Waals surface area contributed by atoms with Crippen molar-refractivity contribution in [3.63, 3.8) is 0 Å². The Morgan fingerprint density at radius 1 is 1.34 bits per heavy atom. The van der Waals surface area contributed by atoms with E-state index in [-0.39, 0.29) is 24.6 Å². The molecule has 2 bridgehead atoms. The number of allylic oxidation sites excluding steroid dienone is 1. The van der Waals surface area contributed by atoms with Gasteiger partial charge in [0.2, 0.25) is 5.91 Å². The number of hydrogen-bond acceptors (Lipinski definition) is 8. The van der Waals surface area contributed by atoms with E-state index in [1.54, 1.807) is 18.2 Å². The van der Waals surface area contributed by atoms with Crippen LogP contribution in [0.2, 0.25) is 0 Å². The number of halogens is 3. The highest BCUT2D eigenvalue weighted by atomic mass is 19.4. The summed E-state index contributed by atoms with van der Waals surface area (Å²) in [5.74, 6) is -0.410. The monoisotopic (exact) mass is 538 g/mol. The van der Waals surface area contributed by atoms with Crippen molar-refractivity contribution in [2.75, 3.05) is 38.2 Å². The number of nitrogens with zero attached hydrogens (tertiary/aromatic N) is 3. The first-order valence-corrected chi connectivity index (χ1v) is 12.3. The van der Waals surface area contributed by atoms with Crippen LogP contribution in [0.25, 0.3) is 0 Å². The molecule has 2 fully saturated rings. The third-order valence-corrected chi connectivity index (χ3v) is 6.53. The molecule has 38 heavy (non-hydrogen) atoms. The van der Waals surface area contributed by atoms with Crippen LogP contribution in [0.5, 0.6) is 5.75 Å². The Kier molecular flexibility index (Phi) is 6.86. The van der Waals surface area contributed by atoms with E-state index in [0.717, 1.165) is 0 Å². The molecular formula is C24H29F3N6O5. The van der Waals surface area contributed by atoms with Crippen molar-refractivity contribution in [2.45, 2.75) is 50.4 Å². The van der Waals surface area contributed by atoms with E-state index < -0.39 is 36.5 Å². The number of carbonyl (C=O) groups excluding carboxylic acids is 2. The van der Waals surface area contributed by atoms with Crippen LogP contribution in [-0.4, -0.2) is 89.7 Å². The van der Waals surface area contributed by atoms with Gasteiger partial charge in [-0.2, -0.15) is 13.2 Å². The lowest BCUT2D eigenvalue weighted by Crippen LogP contribution is -2.56. The fourth-order valence-electron chi connectivity index (χ4n) is 4.83. The zero-order chi connectivity index (χ0) is 27.1. The number of amides is 3. The Labute approximate surface area is 217 Å². The topological polar surface area (TPSA) is 117 Å². The fourth-order valence-corrected chi connectivity index (χ4v) is 4.83. The van der Waals surface area contributed by atoms with Crippen molar-refractivity contribution in [2.24, 2.45) is 0 Å². The summed E-state index contributed by atoms with van der Waals surface area (Å²) in [6, 6.07) is 1.51. The van der Waals surface area contributed by atoms with E-state index >= 15 is 0 Å². The molecule has 0 saturated carbocycles. The number of urea groups is 1. The quantitative estimate of drug-likeness (QED) is 0.503. The number of pyridine rings is 1. The Morgan fingerprint density at radius 3 is 2.89 bits per heavy atom. The number of fused-ring (bicyclic) bond motifs is 3. The van der Waals surface area contributed by atoms with Gasteiger partial charge in [-0.05, 0) is 32.4 Å². The molecule has 1 aromatic heterocycles. The smallest absolute Gasteiger partial charge is 0.405 e. The molecule has 14 heteroatoms. The number of aromatic nitrogens is 1. The first kappa shape index (κ1) is 26.1. The van der Waals surface area contributed by atoms with Crippen LogP contribution < -0.4 is 20.7 Å². The molecule has 3 N–H and O–H groups in total. The first-order valence-electron chi connectivity index (χ1n) is 12.3. The highest BCUT2D eigenvalue weighted by Gasteiger charge is 2.43. The molecule has 206 valence electrons. The second kappa shape index (κ2) is 9.98. The van der Waals surface area contributed by atoms with Crippen LogP contribution in [0.1, 0.15) is 20.3 Å². The number of nitrogens with one attached hydrogen (secondary N) is 3. The van der Waals surface area contributed by atoms with Crippen molar-refractivity contribution >= 4 is 17.8 Å². The SMILES string of the molecule is CC1(C)OC[C@H](COc2ccnc(NC(=O)N3C4=C(C=CC(C(=O)NCC(F)(F)F)N4)N4CC[C@H]3C4)c2)O1. The van der Waals surface area contributed by atoms with Crippen LogP contribution in [-0.2, 0) is 14.3 Å². The average molecular weight is 539 g/mol. The molecule has 0 spiro atoms. The Balaban J connectivity index is 1.25. The average Bonchev–Trinajstić information content (AvgIpc) is 3.44. The number of anilines is 1. The van der Waals surface area contributed by atoms with Crippen LogP contribution in [0.15, 0.2) is 42.0 Å². The zero-order valence-corrected chi connectivity index (χ0v) is 20.9. The van der Waals surface area contributed by atoms with E-state index in [1.807, 2.05) is 19.2 Å². The van der Waals surface area contributed by atoms with Gasteiger partial charge in [0.05, 0.1) is 18.3 Å². The van der Waals surface area contributed by atoms with Gasteiger partial charge in [-0.3, -0.25) is 15.0 Å². The minimum atomic E-state index is -4.53. The zero-order valence-electron chi connectivity index (χ0n) is 20.9. The van der Waals surface area contributed by atoms with Crippen molar-refractivity contribution in [1.82, 2.24) is 25.4 Å². The fraction of sp³-hybridized carbons (Fsp3) is 0.542. The number of hydrogen-bond donors (Lipinski definition) is 3. The molecule has 1 unspecified atom stereocenters. The number of dihydropyridines is 1. The minimum absolute atomic E-state index is 0.186. The van der Waals surface area contributed by atoms with Gasteiger partial charge in [0.15, 0.2) is 5.79 Å². The number of rotatable bonds is 6. The summed E-state index contributed by atoms with van der Waals surface area (Å²) in [6.45, 7) is 4.18. The molecule has 2 saturated heterocycles. The van der Waals surface area contributed by atoms with Gasteiger partial charge in [0.1, 0.15) is 42.7 Å². The van der Waals surface area contributed by atoms with E-state index in [2.05, 4.69) is 20.5 Å². The third kappa shape index (κ3) is 5.80. The molecule has 0 aromatic carbocycles. The van der Waals surface area contributed by atoms with E-state index in [0.29, 0.717) is 43.4 Å². The summed E-state index contributed by atoms with van der Waals surface area (Å²) in [4.78, 5) is 33.6. The second-order valence-electron chi connectivity index (χ2n) is 9.88. The summed E-state index contributed by atoms with van der Waals surface area (Å²) in [5, 5.41) is 7.60. The third-order valence-electron chi connectivity index (χ3n) is 6.53. The maximum Gasteiger partial charge on any atom is 0.405 e. The van der Waals surface area contributed by atoms with E-state index in [1.165, 1.54) is 17.2 Å². The van der Waals surface area contributed by atoms with Gasteiger partial charge in [-0.15, -0.1) is 0 Å². The van der Waals surface area contributed by atoms with E-state index in [4.69, 9.17) is 14.2 Å². The van der Waals surface area contributed by atoms with Gasteiger partial charge in [-0.25, -0.2) is 9.78 Å². The van der Waals surface area contributed by atoms with Crippen molar-refractivity contribution in [1.29, 1.82) is 0 Å². The largest absolute Gasteiger partial charge is 0.491 e. The molecule has 3 amide bonds. The van der Waals surface area contributed by atoms with Crippen molar-refractivity contribution in [3.05, 3.63) is 42.0 Å². The molecule has 1 aromatic rings. The Hall–Kier alpha value is -3.52. The first-order chi connectivity index (χ1) is 18.0. The summed E-state index contributed by atoms with van der Waals surface area (Å²) >= 11 is 0. The molecule has 0 aliphatic carbocycles. The molecule has 4 aliphatic heterocycles. The molecule has 5 heterocycles. The standard InChI is InChI=1S/C24H29F3N6O5/c1-23(2)37-12-16(38-23)11-36-15-5-7-28-19(9-15)31-22(35)33-14-6-8-32(10-14)18-4-3-17(30-20(18)33)21(34)29-13-24(25,26)27/h3-5,7,9,14,16-17,30H,6,8,10-13H2,1-2H3,(H,29,34)(H,28,31,35)/t14-,16-,17?/m0/s1. The van der Waals surface area contributed by atoms with Gasteiger partial charge >= 0.3 is 12.2 Å². The summed E-state index contributed by atoms with van der Waals surface area (Å²) in [5.41, 5.74) is 0.695. The van der Waals surface area contributed by atoms with Crippen molar-refractivity contribution in [3.8, 4) is 5.75 Å². The molecule has 11 nitrogen and oxygen atoms in total. The predicted octanol–water partition coefficient (Wildman–Crippen LogP) is 1.91. The highest BCUT2D eigenvalue weighted by Crippen LogP contribution is 2.34.